The molecule has 0 aromatic carbocycles. The summed E-state index contributed by atoms with van der Waals surface area (Å²) in [5, 5.41) is 34.6. The van der Waals surface area contributed by atoms with Crippen molar-refractivity contribution in [3.63, 3.8) is 0 Å². The molecule has 2 saturated heterocycles. The van der Waals surface area contributed by atoms with Gasteiger partial charge in [-0.1, -0.05) is 45.1 Å². The van der Waals surface area contributed by atoms with E-state index in [0.29, 0.717) is 12.8 Å². The summed E-state index contributed by atoms with van der Waals surface area (Å²) in [4.78, 5) is 52.6. The predicted octanol–water partition coefficient (Wildman–Crippen LogP) is 3.16. The SMILES string of the molecule is CCCC(=O)O[C@@H]1CC(=O)O[C@H](C)C/C=C/C=C/[C@H](O)[C@H](C)C[C@H](CC=O)[C@H](O[C@@H]2O[C@@H](C)[C@@H](O[C@@H]3C[C@@](C)(O)[C@@H](OC(=O)CC)[C@H](C)O3)[C@H](N(C)C)[C@@H]2O)[C@H]1OC. The van der Waals surface area contributed by atoms with Crippen LogP contribution in [0, 0.1) is 11.8 Å². The molecule has 0 radical (unpaired) electrons. The fourth-order valence-corrected chi connectivity index (χ4v) is 8.00. The van der Waals surface area contributed by atoms with Crippen LogP contribution in [0.1, 0.15) is 99.8 Å². The highest BCUT2D eigenvalue weighted by Crippen LogP contribution is 2.38. The van der Waals surface area contributed by atoms with E-state index >= 15 is 0 Å². The van der Waals surface area contributed by atoms with Crippen LogP contribution >= 0.6 is 0 Å². The molecule has 16 nitrogen and oxygen atoms in total. The number of carbonyl (C=O) groups is 4. The molecule has 0 aliphatic carbocycles. The molecule has 16 atom stereocenters. The minimum Gasteiger partial charge on any atom is -0.462 e. The minimum absolute atomic E-state index is 0.0434. The van der Waals surface area contributed by atoms with Crippen LogP contribution in [0.4, 0.5) is 0 Å². The number of cyclic esters (lactones) is 1. The zero-order chi connectivity index (χ0) is 43.3. The standard InChI is InChI=1S/C42H69NO15/c1-11-16-32(47)55-30-22-33(48)52-25(4)17-14-13-15-18-29(45)24(3)21-28(19-20-44)38(39(30)51-10)58-41-36(49)35(43(8)9)37(26(5)54-41)57-34-23-42(7,50)40(27(6)53-34)56-31(46)12-2/h13-15,18,20,24-30,34-41,45,49-50H,11-12,16-17,19,21-23H2,1-10H3/b14-13+,18-15+/t24-,25-,26+,27+,28+,29+,30-,34-,35-,36+,37-,38+,39+,40+,41+,42-/m1/s1. The molecule has 3 heterocycles. The van der Waals surface area contributed by atoms with E-state index in [2.05, 4.69) is 0 Å². The lowest BCUT2D eigenvalue weighted by Crippen LogP contribution is -2.66. The third-order valence-electron chi connectivity index (χ3n) is 11.1. The number of methoxy groups -OCH3 is 1. The van der Waals surface area contributed by atoms with Gasteiger partial charge in [-0.25, -0.2) is 0 Å². The number of aliphatic hydroxyl groups is 3. The molecule has 0 amide bonds. The molecule has 3 aliphatic rings. The lowest BCUT2D eigenvalue weighted by molar-refractivity contribution is -0.344. The maximum atomic E-state index is 13.4. The molecular weight excluding hydrogens is 758 g/mol. The van der Waals surface area contributed by atoms with E-state index in [-0.39, 0.29) is 32.1 Å². The number of ether oxygens (including phenoxy) is 8. The highest BCUT2D eigenvalue weighted by atomic mass is 16.7. The first-order valence-corrected chi connectivity index (χ1v) is 20.6. The van der Waals surface area contributed by atoms with Crippen LogP contribution in [0.15, 0.2) is 24.3 Å². The van der Waals surface area contributed by atoms with Crippen molar-refractivity contribution in [3.05, 3.63) is 24.3 Å². The van der Waals surface area contributed by atoms with E-state index in [1.165, 1.54) is 7.11 Å². The smallest absolute Gasteiger partial charge is 0.309 e. The Morgan fingerprint density at radius 2 is 1.69 bits per heavy atom. The van der Waals surface area contributed by atoms with Gasteiger partial charge < -0.3 is 62.9 Å². The summed E-state index contributed by atoms with van der Waals surface area (Å²) in [6.07, 6.45) is -3.50. The molecule has 332 valence electrons. The van der Waals surface area contributed by atoms with E-state index in [4.69, 9.17) is 37.9 Å². The zero-order valence-electron chi connectivity index (χ0n) is 35.9. The zero-order valence-corrected chi connectivity index (χ0v) is 35.9. The Labute approximate surface area is 343 Å². The van der Waals surface area contributed by atoms with Gasteiger partial charge in [-0.3, -0.25) is 14.4 Å². The maximum Gasteiger partial charge on any atom is 0.309 e. The number of allylic oxidation sites excluding steroid dienone is 2. The van der Waals surface area contributed by atoms with Crippen molar-refractivity contribution in [3.8, 4) is 0 Å². The Morgan fingerprint density at radius 1 is 0.983 bits per heavy atom. The van der Waals surface area contributed by atoms with Crippen LogP contribution in [0.5, 0.6) is 0 Å². The van der Waals surface area contributed by atoms with Crippen LogP contribution in [0.25, 0.3) is 0 Å². The van der Waals surface area contributed by atoms with E-state index < -0.39 is 121 Å². The fraction of sp³-hybridized carbons (Fsp3) is 0.810. The second-order valence-electron chi connectivity index (χ2n) is 16.3. The second-order valence-corrected chi connectivity index (χ2v) is 16.3. The van der Waals surface area contributed by atoms with Crippen molar-refractivity contribution in [2.45, 2.75) is 185 Å². The average Bonchev–Trinajstić information content (AvgIpc) is 3.13. The molecule has 0 aromatic rings. The van der Waals surface area contributed by atoms with E-state index in [1.54, 1.807) is 71.8 Å². The Morgan fingerprint density at radius 3 is 2.29 bits per heavy atom. The topological polar surface area (TPSA) is 206 Å². The third kappa shape index (κ3) is 13.9. The van der Waals surface area contributed by atoms with Gasteiger partial charge >= 0.3 is 17.9 Å². The molecule has 0 saturated carbocycles. The summed E-state index contributed by atoms with van der Waals surface area (Å²) < 4.78 is 48.8. The third-order valence-corrected chi connectivity index (χ3v) is 11.1. The largest absolute Gasteiger partial charge is 0.462 e. The molecule has 0 unspecified atom stereocenters. The Kier molecular flexibility index (Phi) is 19.9. The lowest BCUT2D eigenvalue weighted by Gasteiger charge is -2.50. The summed E-state index contributed by atoms with van der Waals surface area (Å²) in [7, 11) is 4.88. The number of aldehydes is 1. The normalized spacial score (nSPS) is 40.6. The van der Waals surface area contributed by atoms with Crippen molar-refractivity contribution in [1.82, 2.24) is 4.90 Å². The van der Waals surface area contributed by atoms with E-state index in [1.807, 2.05) is 19.9 Å². The Bertz CT molecular complexity index is 1370. The molecule has 3 N–H and O–H groups in total. The average molecular weight is 828 g/mol. The van der Waals surface area contributed by atoms with Crippen molar-refractivity contribution >= 4 is 24.2 Å². The van der Waals surface area contributed by atoms with Crippen molar-refractivity contribution in [1.29, 1.82) is 0 Å². The molecule has 16 heteroatoms. The molecule has 2 fully saturated rings. The summed E-state index contributed by atoms with van der Waals surface area (Å²) in [5.41, 5.74) is -1.49. The number of rotatable bonds is 13. The first kappa shape index (κ1) is 49.6. The first-order valence-electron chi connectivity index (χ1n) is 20.6. The van der Waals surface area contributed by atoms with Crippen LogP contribution in [0.2, 0.25) is 0 Å². The van der Waals surface area contributed by atoms with Gasteiger partial charge in [-0.15, -0.1) is 0 Å². The monoisotopic (exact) mass is 827 g/mol. The highest BCUT2D eigenvalue weighted by molar-refractivity contribution is 5.73. The number of esters is 3. The number of carbonyl (C=O) groups excluding carboxylic acids is 4. The predicted molar refractivity (Wildman–Crippen MR) is 210 cm³/mol. The molecule has 0 spiro atoms. The van der Waals surface area contributed by atoms with Crippen molar-refractivity contribution < 1.29 is 72.4 Å². The molecule has 3 aliphatic heterocycles. The van der Waals surface area contributed by atoms with Gasteiger partial charge in [0.1, 0.15) is 42.4 Å². The van der Waals surface area contributed by atoms with Gasteiger partial charge in [0.15, 0.2) is 18.7 Å². The number of aliphatic hydroxyl groups excluding tert-OH is 2. The van der Waals surface area contributed by atoms with Gasteiger partial charge in [-0.05, 0) is 66.5 Å². The van der Waals surface area contributed by atoms with Gasteiger partial charge in [0.2, 0.25) is 0 Å². The van der Waals surface area contributed by atoms with Gasteiger partial charge in [0, 0.05) is 39.2 Å². The van der Waals surface area contributed by atoms with Crippen LogP contribution in [0.3, 0.4) is 0 Å². The number of likely N-dealkylation sites (N-methyl/N-ethyl adjacent to an activating group) is 1. The van der Waals surface area contributed by atoms with Crippen LogP contribution in [-0.2, 0) is 57.1 Å². The highest BCUT2D eigenvalue weighted by Gasteiger charge is 2.53. The van der Waals surface area contributed by atoms with Crippen molar-refractivity contribution in [2.24, 2.45) is 11.8 Å². The number of hydrogen-bond donors (Lipinski definition) is 3. The maximum absolute atomic E-state index is 13.4. The second kappa shape index (κ2) is 23.3. The van der Waals surface area contributed by atoms with Gasteiger partial charge in [0.25, 0.3) is 0 Å². The first-order chi connectivity index (χ1) is 27.4. The van der Waals surface area contributed by atoms with E-state index in [0.717, 1.165) is 6.29 Å². The number of nitrogens with zero attached hydrogens (tertiary/aromatic N) is 1. The molecule has 3 rings (SSSR count). The molecule has 0 aromatic heterocycles. The summed E-state index contributed by atoms with van der Waals surface area (Å²) >= 11 is 0. The molecule has 0 bridgehead atoms. The van der Waals surface area contributed by atoms with E-state index in [9.17, 15) is 34.5 Å². The summed E-state index contributed by atoms with van der Waals surface area (Å²) in [6.45, 7) is 12.0. The summed E-state index contributed by atoms with van der Waals surface area (Å²) in [6, 6.07) is -0.779. The fourth-order valence-electron chi connectivity index (χ4n) is 8.00. The van der Waals surface area contributed by atoms with Crippen LogP contribution < -0.4 is 0 Å². The Balaban J connectivity index is 2.03. The summed E-state index contributed by atoms with van der Waals surface area (Å²) in [5.74, 6) is -2.79. The number of hydrogen-bond acceptors (Lipinski definition) is 16. The van der Waals surface area contributed by atoms with Gasteiger partial charge in [0.05, 0.1) is 36.9 Å². The lowest BCUT2D eigenvalue weighted by atomic mass is 9.82. The van der Waals surface area contributed by atoms with Crippen molar-refractivity contribution in [2.75, 3.05) is 21.2 Å². The van der Waals surface area contributed by atoms with Gasteiger partial charge in [-0.2, -0.15) is 0 Å². The minimum atomic E-state index is -1.49. The molecule has 58 heavy (non-hydrogen) atoms. The molecular formula is C42H69NO15. The quantitative estimate of drug-likeness (QED) is 0.139. The Hall–Kier alpha value is -2.80. The van der Waals surface area contributed by atoms with Crippen LogP contribution in [-0.4, -0.2) is 151 Å².